The third-order valence-electron chi connectivity index (χ3n) is 4.99. The second-order valence-electron chi connectivity index (χ2n) is 6.55. The highest BCUT2D eigenvalue weighted by atomic mass is 16.4. The maximum Gasteiger partial charge on any atom is 0.329 e. The molecule has 122 valence electrons. The number of hydrogen-bond acceptors (Lipinski definition) is 3. The van der Waals surface area contributed by atoms with Gasteiger partial charge in [0.05, 0.1) is 0 Å². The Hall–Kier alpha value is -2.17. The minimum absolute atomic E-state index is 0.0327. The number of carboxylic acids is 1. The maximum atomic E-state index is 12.2. The number of fused-ring (bicyclic) bond motifs is 1. The van der Waals surface area contributed by atoms with Crippen LogP contribution in [0.1, 0.15) is 60.0 Å². The molecular weight excluding hydrogens is 294 g/mol. The Balaban J connectivity index is 1.54. The SMILES string of the molecule is O=C(CCC(=O)c1ccc2c(c1)CCC2)NC1(C(=O)O)CCC1. The Labute approximate surface area is 135 Å². The molecule has 2 aliphatic carbocycles. The van der Waals surface area contributed by atoms with Crippen LogP contribution < -0.4 is 5.32 Å². The summed E-state index contributed by atoms with van der Waals surface area (Å²) in [6, 6.07) is 5.77. The maximum absolute atomic E-state index is 12.2. The summed E-state index contributed by atoms with van der Waals surface area (Å²) in [5.41, 5.74) is 2.09. The highest BCUT2D eigenvalue weighted by Gasteiger charge is 2.45. The number of Topliss-reactive ketones (excluding diaryl/α,β-unsaturated/α-hetero) is 1. The van der Waals surface area contributed by atoms with Gasteiger partial charge in [0, 0.05) is 18.4 Å². The summed E-state index contributed by atoms with van der Waals surface area (Å²) in [5.74, 6) is -1.41. The second-order valence-corrected chi connectivity index (χ2v) is 6.55. The Kier molecular flexibility index (Phi) is 4.20. The van der Waals surface area contributed by atoms with Gasteiger partial charge in [-0.05, 0) is 55.7 Å². The molecule has 0 aromatic heterocycles. The molecule has 0 bridgehead atoms. The molecule has 0 radical (unpaired) electrons. The topological polar surface area (TPSA) is 83.5 Å². The van der Waals surface area contributed by atoms with Gasteiger partial charge in [-0.3, -0.25) is 9.59 Å². The number of aliphatic carboxylic acids is 1. The van der Waals surface area contributed by atoms with Crippen molar-refractivity contribution in [3.63, 3.8) is 0 Å². The van der Waals surface area contributed by atoms with E-state index < -0.39 is 11.5 Å². The van der Waals surface area contributed by atoms with E-state index in [-0.39, 0.29) is 24.5 Å². The Morgan fingerprint density at radius 2 is 1.78 bits per heavy atom. The fourth-order valence-corrected chi connectivity index (χ4v) is 3.37. The van der Waals surface area contributed by atoms with Crippen molar-refractivity contribution in [2.24, 2.45) is 0 Å². The molecule has 0 unspecified atom stereocenters. The molecule has 1 aromatic rings. The first-order chi connectivity index (χ1) is 11.0. The van der Waals surface area contributed by atoms with Gasteiger partial charge in [0.15, 0.2) is 5.78 Å². The van der Waals surface area contributed by atoms with Crippen molar-refractivity contribution >= 4 is 17.7 Å². The number of carbonyl (C=O) groups is 3. The monoisotopic (exact) mass is 315 g/mol. The summed E-state index contributed by atoms with van der Waals surface area (Å²) in [7, 11) is 0. The molecular formula is C18H21NO4. The third kappa shape index (κ3) is 3.14. The van der Waals surface area contributed by atoms with Gasteiger partial charge in [0.25, 0.3) is 0 Å². The lowest BCUT2D eigenvalue weighted by Gasteiger charge is -2.38. The summed E-state index contributed by atoms with van der Waals surface area (Å²) in [5, 5.41) is 11.8. The van der Waals surface area contributed by atoms with E-state index in [1.165, 1.54) is 11.1 Å². The van der Waals surface area contributed by atoms with Crippen LogP contribution in [-0.4, -0.2) is 28.3 Å². The summed E-state index contributed by atoms with van der Waals surface area (Å²) >= 11 is 0. The molecule has 1 amide bonds. The molecule has 0 heterocycles. The molecule has 0 spiro atoms. The highest BCUT2D eigenvalue weighted by molar-refractivity contribution is 5.98. The van der Waals surface area contributed by atoms with Gasteiger partial charge in [0.2, 0.25) is 5.91 Å². The van der Waals surface area contributed by atoms with E-state index in [0.717, 1.165) is 25.7 Å². The van der Waals surface area contributed by atoms with Gasteiger partial charge in [-0.25, -0.2) is 4.79 Å². The number of nitrogens with one attached hydrogen (secondary N) is 1. The fourth-order valence-electron chi connectivity index (χ4n) is 3.37. The molecule has 1 fully saturated rings. The molecule has 3 rings (SSSR count). The van der Waals surface area contributed by atoms with E-state index in [1.807, 2.05) is 18.2 Å². The van der Waals surface area contributed by atoms with E-state index in [2.05, 4.69) is 5.32 Å². The predicted molar refractivity (Wildman–Crippen MR) is 84.4 cm³/mol. The number of ketones is 1. The van der Waals surface area contributed by atoms with Crippen molar-refractivity contribution in [1.82, 2.24) is 5.32 Å². The number of carbonyl (C=O) groups excluding carboxylic acids is 2. The quantitative estimate of drug-likeness (QED) is 0.789. The van der Waals surface area contributed by atoms with Gasteiger partial charge in [-0.1, -0.05) is 12.1 Å². The van der Waals surface area contributed by atoms with Crippen molar-refractivity contribution in [2.75, 3.05) is 0 Å². The first-order valence-electron chi connectivity index (χ1n) is 8.20. The van der Waals surface area contributed by atoms with Gasteiger partial charge < -0.3 is 10.4 Å². The van der Waals surface area contributed by atoms with Crippen LogP contribution in [0.5, 0.6) is 0 Å². The predicted octanol–water partition coefficient (Wildman–Crippen LogP) is 2.26. The normalized spacial score (nSPS) is 17.9. The summed E-state index contributed by atoms with van der Waals surface area (Å²) in [6.07, 6.45) is 5.10. The summed E-state index contributed by atoms with van der Waals surface area (Å²) < 4.78 is 0. The molecule has 2 N–H and O–H groups in total. The number of hydrogen-bond donors (Lipinski definition) is 2. The van der Waals surface area contributed by atoms with Crippen LogP contribution >= 0.6 is 0 Å². The number of benzene rings is 1. The van der Waals surface area contributed by atoms with E-state index in [1.54, 1.807) is 0 Å². The zero-order valence-corrected chi connectivity index (χ0v) is 13.1. The van der Waals surface area contributed by atoms with Gasteiger partial charge in [-0.2, -0.15) is 0 Å². The zero-order valence-electron chi connectivity index (χ0n) is 13.1. The molecule has 5 nitrogen and oxygen atoms in total. The van der Waals surface area contributed by atoms with Gasteiger partial charge >= 0.3 is 5.97 Å². The Morgan fingerprint density at radius 1 is 1.04 bits per heavy atom. The van der Waals surface area contributed by atoms with E-state index in [4.69, 9.17) is 0 Å². The Bertz CT molecular complexity index is 661. The van der Waals surface area contributed by atoms with Crippen LogP contribution in [0.15, 0.2) is 18.2 Å². The average Bonchev–Trinajstić information content (AvgIpc) is 2.95. The van der Waals surface area contributed by atoms with E-state index >= 15 is 0 Å². The van der Waals surface area contributed by atoms with Crippen molar-refractivity contribution in [3.8, 4) is 0 Å². The van der Waals surface area contributed by atoms with Crippen LogP contribution in [0.2, 0.25) is 0 Å². The van der Waals surface area contributed by atoms with Crippen molar-refractivity contribution < 1.29 is 19.5 Å². The lowest BCUT2D eigenvalue weighted by molar-refractivity contribution is -0.151. The number of carboxylic acid groups (broad SMARTS) is 1. The minimum atomic E-state index is -1.10. The summed E-state index contributed by atoms with van der Waals surface area (Å²) in [4.78, 5) is 35.4. The standard InChI is InChI=1S/C18H21NO4/c20-15(14-6-5-12-3-1-4-13(12)11-14)7-8-16(21)19-18(17(22)23)9-2-10-18/h5-6,11H,1-4,7-10H2,(H,19,21)(H,22,23). The molecule has 1 saturated carbocycles. The lowest BCUT2D eigenvalue weighted by Crippen LogP contribution is -2.59. The largest absolute Gasteiger partial charge is 0.480 e. The second kappa shape index (κ2) is 6.14. The van der Waals surface area contributed by atoms with Crippen molar-refractivity contribution in [3.05, 3.63) is 34.9 Å². The minimum Gasteiger partial charge on any atom is -0.480 e. The van der Waals surface area contributed by atoms with Crippen LogP contribution in [0, 0.1) is 0 Å². The molecule has 23 heavy (non-hydrogen) atoms. The fraction of sp³-hybridized carbons (Fsp3) is 0.500. The molecule has 2 aliphatic rings. The number of amides is 1. The van der Waals surface area contributed by atoms with Gasteiger partial charge in [0.1, 0.15) is 5.54 Å². The van der Waals surface area contributed by atoms with Crippen molar-refractivity contribution in [1.29, 1.82) is 0 Å². The van der Waals surface area contributed by atoms with Crippen LogP contribution in [-0.2, 0) is 22.4 Å². The molecule has 0 atom stereocenters. The zero-order chi connectivity index (χ0) is 16.4. The van der Waals surface area contributed by atoms with Crippen molar-refractivity contribution in [2.45, 2.75) is 56.9 Å². The van der Waals surface area contributed by atoms with Crippen LogP contribution in [0.25, 0.3) is 0 Å². The molecule has 0 saturated heterocycles. The number of rotatable bonds is 6. The van der Waals surface area contributed by atoms with Crippen LogP contribution in [0.3, 0.4) is 0 Å². The average molecular weight is 315 g/mol. The first kappa shape index (κ1) is 15.7. The summed E-state index contributed by atoms with van der Waals surface area (Å²) in [6.45, 7) is 0. The van der Waals surface area contributed by atoms with E-state index in [9.17, 15) is 19.5 Å². The molecule has 0 aliphatic heterocycles. The highest BCUT2D eigenvalue weighted by Crippen LogP contribution is 2.32. The van der Waals surface area contributed by atoms with Gasteiger partial charge in [-0.15, -0.1) is 0 Å². The smallest absolute Gasteiger partial charge is 0.329 e. The number of aryl methyl sites for hydroxylation is 2. The molecule has 5 heteroatoms. The third-order valence-corrected chi connectivity index (χ3v) is 4.99. The van der Waals surface area contributed by atoms with E-state index in [0.29, 0.717) is 18.4 Å². The molecule has 1 aromatic carbocycles. The lowest BCUT2D eigenvalue weighted by atomic mass is 9.76. The first-order valence-corrected chi connectivity index (χ1v) is 8.20. The van der Waals surface area contributed by atoms with Crippen LogP contribution in [0.4, 0.5) is 0 Å². The Morgan fingerprint density at radius 3 is 2.43 bits per heavy atom.